The van der Waals surface area contributed by atoms with Crippen LogP contribution in [-0.2, 0) is 12.7 Å². The first-order valence-electron chi connectivity index (χ1n) is 8.02. The number of nitrogens with zero attached hydrogens (tertiary/aromatic N) is 4. The molecule has 3 aromatic rings. The molecule has 2 aromatic heterocycles. The van der Waals surface area contributed by atoms with Crippen LogP contribution in [0.5, 0.6) is 0 Å². The highest BCUT2D eigenvalue weighted by atomic mass is 19.4. The summed E-state index contributed by atoms with van der Waals surface area (Å²) >= 11 is 0. The molecule has 5 nitrogen and oxygen atoms in total. The average molecular weight is 348 g/mol. The number of hydrogen-bond donors (Lipinski definition) is 0. The van der Waals surface area contributed by atoms with E-state index in [9.17, 15) is 13.2 Å². The van der Waals surface area contributed by atoms with Crippen molar-refractivity contribution in [1.82, 2.24) is 20.0 Å². The number of benzene rings is 1. The molecular weight excluding hydrogens is 333 g/mol. The third-order valence-electron chi connectivity index (χ3n) is 4.42. The highest BCUT2D eigenvalue weighted by Gasteiger charge is 2.34. The maximum absolute atomic E-state index is 13.1. The van der Waals surface area contributed by atoms with Gasteiger partial charge in [-0.2, -0.15) is 13.2 Å². The zero-order valence-electron chi connectivity index (χ0n) is 13.2. The van der Waals surface area contributed by atoms with Gasteiger partial charge in [-0.15, -0.1) is 5.10 Å². The second-order valence-corrected chi connectivity index (χ2v) is 6.16. The Labute approximate surface area is 141 Å². The average Bonchev–Trinajstić information content (AvgIpc) is 3.15. The van der Waals surface area contributed by atoms with Crippen LogP contribution in [0.25, 0.3) is 11.5 Å². The van der Waals surface area contributed by atoms with Crippen LogP contribution in [0.4, 0.5) is 13.2 Å². The van der Waals surface area contributed by atoms with Crippen molar-refractivity contribution >= 4 is 0 Å². The Bertz CT molecular complexity index is 880. The number of alkyl halides is 3. The molecule has 1 fully saturated rings. The van der Waals surface area contributed by atoms with Crippen molar-refractivity contribution in [3.63, 3.8) is 0 Å². The molecule has 0 saturated heterocycles. The fraction of sp³-hybridized carbons (Fsp3) is 0.353. The zero-order chi connectivity index (χ0) is 17.4. The van der Waals surface area contributed by atoms with E-state index in [0.29, 0.717) is 18.2 Å². The van der Waals surface area contributed by atoms with Crippen molar-refractivity contribution in [1.29, 1.82) is 0 Å². The van der Waals surface area contributed by atoms with Crippen LogP contribution in [-0.4, -0.2) is 20.0 Å². The fourth-order valence-electron chi connectivity index (χ4n) is 2.87. The molecule has 1 aromatic carbocycles. The quantitative estimate of drug-likeness (QED) is 0.707. The van der Waals surface area contributed by atoms with E-state index >= 15 is 0 Å². The number of rotatable bonds is 4. The first-order valence-corrected chi connectivity index (χ1v) is 8.02. The SMILES string of the molecule is FC(F)(F)c1ccccc1-c1nc(Cn2cc(C3CCC3)nn2)co1. The van der Waals surface area contributed by atoms with Crippen LogP contribution < -0.4 is 0 Å². The molecule has 0 N–H and O–H groups in total. The van der Waals surface area contributed by atoms with E-state index in [0.717, 1.165) is 24.6 Å². The lowest BCUT2D eigenvalue weighted by atomic mass is 9.83. The van der Waals surface area contributed by atoms with E-state index in [1.165, 1.54) is 30.9 Å². The largest absolute Gasteiger partial charge is 0.444 e. The van der Waals surface area contributed by atoms with Gasteiger partial charge in [0, 0.05) is 17.7 Å². The van der Waals surface area contributed by atoms with Gasteiger partial charge in [-0.25, -0.2) is 9.67 Å². The summed E-state index contributed by atoms with van der Waals surface area (Å²) in [4.78, 5) is 4.18. The molecule has 0 atom stereocenters. The lowest BCUT2D eigenvalue weighted by Gasteiger charge is -2.22. The standard InChI is InChI=1S/C17H15F3N4O/c18-17(19,20)14-7-2-1-6-13(14)16-21-12(10-25-16)8-24-9-15(22-23-24)11-4-3-5-11/h1-2,6-7,9-11H,3-5,8H2. The smallest absolute Gasteiger partial charge is 0.417 e. The third-order valence-corrected chi connectivity index (χ3v) is 4.42. The maximum Gasteiger partial charge on any atom is 0.417 e. The first kappa shape index (κ1) is 15.9. The molecule has 25 heavy (non-hydrogen) atoms. The van der Waals surface area contributed by atoms with Crippen molar-refractivity contribution < 1.29 is 17.6 Å². The molecule has 0 amide bonds. The van der Waals surface area contributed by atoms with E-state index in [2.05, 4.69) is 15.3 Å². The van der Waals surface area contributed by atoms with Crippen LogP contribution in [0.1, 0.15) is 42.1 Å². The zero-order valence-corrected chi connectivity index (χ0v) is 13.2. The predicted octanol–water partition coefficient (Wildman–Crippen LogP) is 4.27. The second kappa shape index (κ2) is 6.02. The first-order chi connectivity index (χ1) is 12.0. The number of oxazole rings is 1. The minimum Gasteiger partial charge on any atom is -0.444 e. The van der Waals surface area contributed by atoms with Crippen LogP contribution in [0, 0.1) is 0 Å². The molecule has 0 radical (unpaired) electrons. The van der Waals surface area contributed by atoms with Crippen molar-refractivity contribution in [2.24, 2.45) is 0 Å². The molecule has 1 saturated carbocycles. The van der Waals surface area contributed by atoms with Gasteiger partial charge in [0.05, 0.1) is 17.8 Å². The highest BCUT2D eigenvalue weighted by Crippen LogP contribution is 2.37. The number of halogens is 3. The summed E-state index contributed by atoms with van der Waals surface area (Å²) in [5, 5.41) is 8.21. The normalized spacial score (nSPS) is 15.3. The predicted molar refractivity (Wildman–Crippen MR) is 82.7 cm³/mol. The lowest BCUT2D eigenvalue weighted by Crippen LogP contribution is -2.08. The summed E-state index contributed by atoms with van der Waals surface area (Å²) in [7, 11) is 0. The Kier molecular flexibility index (Phi) is 3.82. The summed E-state index contributed by atoms with van der Waals surface area (Å²) in [6, 6.07) is 5.23. The fourth-order valence-corrected chi connectivity index (χ4v) is 2.87. The molecule has 0 bridgehead atoms. The molecule has 0 unspecified atom stereocenters. The van der Waals surface area contributed by atoms with Gasteiger partial charge in [0.1, 0.15) is 12.0 Å². The van der Waals surface area contributed by atoms with Crippen LogP contribution in [0.15, 0.2) is 41.1 Å². The van der Waals surface area contributed by atoms with E-state index in [4.69, 9.17) is 4.42 Å². The number of hydrogen-bond acceptors (Lipinski definition) is 4. The molecule has 1 aliphatic rings. The minimum atomic E-state index is -4.46. The Morgan fingerprint density at radius 2 is 2.00 bits per heavy atom. The van der Waals surface area contributed by atoms with Crippen molar-refractivity contribution in [3.05, 3.63) is 53.7 Å². The van der Waals surface area contributed by atoms with Crippen LogP contribution >= 0.6 is 0 Å². The van der Waals surface area contributed by atoms with Crippen LogP contribution in [0.2, 0.25) is 0 Å². The summed E-state index contributed by atoms with van der Waals surface area (Å²) in [6.45, 7) is 0.303. The summed E-state index contributed by atoms with van der Waals surface area (Å²) in [5.41, 5.74) is 0.612. The van der Waals surface area contributed by atoms with Crippen molar-refractivity contribution in [2.75, 3.05) is 0 Å². The van der Waals surface area contributed by atoms with Gasteiger partial charge in [0.15, 0.2) is 0 Å². The molecule has 0 aliphatic heterocycles. The Balaban J connectivity index is 1.56. The molecule has 8 heteroatoms. The number of aromatic nitrogens is 4. The van der Waals surface area contributed by atoms with E-state index < -0.39 is 11.7 Å². The van der Waals surface area contributed by atoms with Gasteiger partial charge < -0.3 is 4.42 Å². The molecule has 2 heterocycles. The Hall–Kier alpha value is -2.64. The summed E-state index contributed by atoms with van der Waals surface area (Å²) in [6.07, 6.45) is 2.22. The third kappa shape index (κ3) is 3.16. The van der Waals surface area contributed by atoms with Gasteiger partial charge in [0.25, 0.3) is 0 Å². The molecule has 0 spiro atoms. The van der Waals surface area contributed by atoms with Gasteiger partial charge >= 0.3 is 6.18 Å². The van der Waals surface area contributed by atoms with Crippen molar-refractivity contribution in [2.45, 2.75) is 37.9 Å². The molecule has 130 valence electrons. The topological polar surface area (TPSA) is 56.7 Å². The Morgan fingerprint density at radius 3 is 2.72 bits per heavy atom. The van der Waals surface area contributed by atoms with Gasteiger partial charge in [-0.3, -0.25) is 0 Å². The van der Waals surface area contributed by atoms with Crippen LogP contribution in [0.3, 0.4) is 0 Å². The second-order valence-electron chi connectivity index (χ2n) is 6.16. The molecular formula is C17H15F3N4O. The summed E-state index contributed by atoms with van der Waals surface area (Å²) < 4.78 is 46.2. The van der Waals surface area contributed by atoms with E-state index in [1.54, 1.807) is 4.68 Å². The van der Waals surface area contributed by atoms with E-state index in [-0.39, 0.29) is 11.5 Å². The van der Waals surface area contributed by atoms with Gasteiger partial charge in [-0.05, 0) is 25.0 Å². The Morgan fingerprint density at radius 1 is 1.20 bits per heavy atom. The molecule has 4 rings (SSSR count). The minimum absolute atomic E-state index is 0.0535. The van der Waals surface area contributed by atoms with E-state index in [1.807, 2.05) is 6.20 Å². The monoisotopic (exact) mass is 348 g/mol. The highest BCUT2D eigenvalue weighted by molar-refractivity contribution is 5.59. The lowest BCUT2D eigenvalue weighted by molar-refractivity contribution is -0.137. The molecule has 1 aliphatic carbocycles. The van der Waals surface area contributed by atoms with Crippen molar-refractivity contribution in [3.8, 4) is 11.5 Å². The van der Waals surface area contributed by atoms with Gasteiger partial charge in [0.2, 0.25) is 5.89 Å². The van der Waals surface area contributed by atoms with Gasteiger partial charge in [-0.1, -0.05) is 23.8 Å². The summed E-state index contributed by atoms with van der Waals surface area (Å²) in [5.74, 6) is 0.419. The maximum atomic E-state index is 13.1.